The molecule has 0 aromatic rings. The van der Waals surface area contributed by atoms with Crippen LogP contribution < -0.4 is 0 Å². The summed E-state index contributed by atoms with van der Waals surface area (Å²) in [6.45, 7) is 4.51. The van der Waals surface area contributed by atoms with Crippen LogP contribution in [0.25, 0.3) is 0 Å². The summed E-state index contributed by atoms with van der Waals surface area (Å²) in [7, 11) is 0. The van der Waals surface area contributed by atoms with Gasteiger partial charge >= 0.3 is 0 Å². The minimum absolute atomic E-state index is 0.231. The van der Waals surface area contributed by atoms with Crippen LogP contribution in [0, 0.1) is 6.10 Å². The largest absolute Gasteiger partial charge is 0.379 e. The Labute approximate surface area is 67.2 Å². The normalized spacial score (nSPS) is 25.4. The summed E-state index contributed by atoms with van der Waals surface area (Å²) >= 11 is 0. The lowest BCUT2D eigenvalue weighted by atomic mass is 10.0. The third kappa shape index (κ3) is 2.17. The van der Waals surface area contributed by atoms with E-state index < -0.39 is 0 Å². The van der Waals surface area contributed by atoms with Gasteiger partial charge in [0.25, 0.3) is 0 Å². The molecule has 11 heavy (non-hydrogen) atoms. The summed E-state index contributed by atoms with van der Waals surface area (Å²) in [6, 6.07) is 0. The van der Waals surface area contributed by atoms with Crippen LogP contribution in [-0.2, 0) is 4.74 Å². The van der Waals surface area contributed by atoms with E-state index in [9.17, 15) is 5.11 Å². The zero-order chi connectivity index (χ0) is 8.27. The van der Waals surface area contributed by atoms with Gasteiger partial charge in [-0.1, -0.05) is 11.6 Å². The molecule has 1 atom stereocenters. The van der Waals surface area contributed by atoms with E-state index in [0.29, 0.717) is 6.61 Å². The third-order valence-corrected chi connectivity index (χ3v) is 1.57. The van der Waals surface area contributed by atoms with Crippen molar-refractivity contribution in [3.8, 4) is 0 Å². The van der Waals surface area contributed by atoms with Crippen molar-refractivity contribution in [1.29, 1.82) is 0 Å². The van der Waals surface area contributed by atoms with E-state index in [2.05, 4.69) is 0 Å². The molecular formula is C9H13O2. The van der Waals surface area contributed by atoms with E-state index in [0.717, 1.165) is 5.57 Å². The van der Waals surface area contributed by atoms with Gasteiger partial charge in [-0.25, -0.2) is 0 Å². The number of allylic oxidation sites excluding steroid dienone is 2. The van der Waals surface area contributed by atoms with Crippen molar-refractivity contribution < 1.29 is 9.84 Å². The standard InChI is InChI=1S/C9H13O2/c1-3-11-9-6-7(2)4-5-8(9)10/h4-6,9-10H,3H2,1-2H3. The lowest BCUT2D eigenvalue weighted by Crippen LogP contribution is -2.20. The fraction of sp³-hybridized carbons (Fsp3) is 0.444. The van der Waals surface area contributed by atoms with Crippen LogP contribution in [0.3, 0.4) is 0 Å². The fourth-order valence-electron chi connectivity index (χ4n) is 1.00. The van der Waals surface area contributed by atoms with Crippen molar-refractivity contribution in [2.75, 3.05) is 6.61 Å². The lowest BCUT2D eigenvalue weighted by molar-refractivity contribution is 0.0639. The van der Waals surface area contributed by atoms with E-state index in [1.54, 1.807) is 6.08 Å². The molecule has 0 heterocycles. The summed E-state index contributed by atoms with van der Waals surface area (Å²) in [6.07, 6.45) is 5.50. The molecule has 1 rings (SSSR count). The van der Waals surface area contributed by atoms with Gasteiger partial charge in [-0.15, -0.1) is 0 Å². The van der Waals surface area contributed by atoms with Crippen molar-refractivity contribution in [3.63, 3.8) is 0 Å². The number of ether oxygens (including phenoxy) is 1. The molecule has 2 nitrogen and oxygen atoms in total. The minimum Gasteiger partial charge on any atom is -0.379 e. The number of aliphatic hydroxyl groups excluding tert-OH is 1. The second kappa shape index (κ2) is 3.69. The van der Waals surface area contributed by atoms with E-state index >= 15 is 0 Å². The van der Waals surface area contributed by atoms with Gasteiger partial charge in [0.1, 0.15) is 12.2 Å². The van der Waals surface area contributed by atoms with Crippen molar-refractivity contribution >= 4 is 0 Å². The van der Waals surface area contributed by atoms with E-state index in [4.69, 9.17) is 4.74 Å². The zero-order valence-electron chi connectivity index (χ0n) is 6.87. The highest BCUT2D eigenvalue weighted by Crippen LogP contribution is 2.18. The van der Waals surface area contributed by atoms with Crippen LogP contribution in [0.5, 0.6) is 0 Å². The molecule has 2 heteroatoms. The van der Waals surface area contributed by atoms with Crippen LogP contribution in [0.2, 0.25) is 0 Å². The Hall–Kier alpha value is -0.600. The molecule has 0 spiro atoms. The molecular weight excluding hydrogens is 140 g/mol. The molecule has 0 amide bonds. The van der Waals surface area contributed by atoms with Crippen LogP contribution in [0.15, 0.2) is 23.8 Å². The molecule has 0 fully saturated rings. The van der Waals surface area contributed by atoms with Gasteiger partial charge < -0.3 is 9.84 Å². The first-order valence-electron chi connectivity index (χ1n) is 3.78. The van der Waals surface area contributed by atoms with Crippen LogP contribution in [0.1, 0.15) is 13.8 Å². The number of hydrogen-bond acceptors (Lipinski definition) is 2. The number of aliphatic hydroxyl groups is 1. The third-order valence-electron chi connectivity index (χ3n) is 1.57. The van der Waals surface area contributed by atoms with Crippen molar-refractivity contribution in [2.24, 2.45) is 0 Å². The first kappa shape index (κ1) is 8.50. The molecule has 0 aromatic heterocycles. The fourth-order valence-corrected chi connectivity index (χ4v) is 1.00. The van der Waals surface area contributed by atoms with Gasteiger partial charge in [0.15, 0.2) is 0 Å². The average Bonchev–Trinajstić information content (AvgIpc) is 1.98. The predicted octanol–water partition coefficient (Wildman–Crippen LogP) is 1.81. The van der Waals surface area contributed by atoms with Crippen LogP contribution >= 0.6 is 0 Å². The van der Waals surface area contributed by atoms with Gasteiger partial charge in [0.2, 0.25) is 0 Å². The predicted molar refractivity (Wildman–Crippen MR) is 43.5 cm³/mol. The highest BCUT2D eigenvalue weighted by Gasteiger charge is 2.18. The maximum absolute atomic E-state index is 9.28. The Morgan fingerprint density at radius 2 is 2.27 bits per heavy atom. The number of rotatable bonds is 2. The Balaban J connectivity index is 2.58. The Morgan fingerprint density at radius 3 is 2.91 bits per heavy atom. The maximum atomic E-state index is 9.28. The molecule has 0 bridgehead atoms. The average molecular weight is 153 g/mol. The molecule has 61 valence electrons. The molecule has 1 aliphatic rings. The summed E-state index contributed by atoms with van der Waals surface area (Å²) in [5.74, 6) is 0. The molecule has 0 aromatic carbocycles. The SMILES string of the molecule is CCOC1C=C(C)C=C[C]1O. The van der Waals surface area contributed by atoms with Crippen LogP contribution in [0.4, 0.5) is 0 Å². The Morgan fingerprint density at radius 1 is 1.55 bits per heavy atom. The van der Waals surface area contributed by atoms with Gasteiger partial charge in [-0.3, -0.25) is 0 Å². The molecule has 1 radical (unpaired) electrons. The van der Waals surface area contributed by atoms with Crippen molar-refractivity contribution in [1.82, 2.24) is 0 Å². The minimum atomic E-state index is -0.231. The first-order chi connectivity index (χ1) is 5.24. The summed E-state index contributed by atoms with van der Waals surface area (Å²) in [5, 5.41) is 9.28. The quantitative estimate of drug-likeness (QED) is 0.655. The zero-order valence-corrected chi connectivity index (χ0v) is 6.87. The molecule has 1 aliphatic carbocycles. The first-order valence-corrected chi connectivity index (χ1v) is 3.78. The molecule has 0 saturated carbocycles. The molecule has 0 aliphatic heterocycles. The van der Waals surface area contributed by atoms with E-state index in [1.807, 2.05) is 26.0 Å². The van der Waals surface area contributed by atoms with Gasteiger partial charge in [0, 0.05) is 6.61 Å². The maximum Gasteiger partial charge on any atom is 0.148 e. The van der Waals surface area contributed by atoms with Gasteiger partial charge in [0.05, 0.1) is 0 Å². The highest BCUT2D eigenvalue weighted by atomic mass is 16.5. The smallest absolute Gasteiger partial charge is 0.148 e. The molecule has 1 unspecified atom stereocenters. The number of hydrogen-bond donors (Lipinski definition) is 1. The Kier molecular flexibility index (Phi) is 2.85. The van der Waals surface area contributed by atoms with Crippen molar-refractivity contribution in [3.05, 3.63) is 29.9 Å². The second-order valence-corrected chi connectivity index (χ2v) is 2.54. The summed E-state index contributed by atoms with van der Waals surface area (Å²) in [5.41, 5.74) is 1.13. The highest BCUT2D eigenvalue weighted by molar-refractivity contribution is 5.31. The van der Waals surface area contributed by atoms with Gasteiger partial charge in [-0.05, 0) is 26.0 Å². The van der Waals surface area contributed by atoms with Crippen LogP contribution in [-0.4, -0.2) is 17.8 Å². The summed E-state index contributed by atoms with van der Waals surface area (Å²) < 4.78 is 5.25. The second-order valence-electron chi connectivity index (χ2n) is 2.54. The van der Waals surface area contributed by atoms with E-state index in [-0.39, 0.29) is 12.2 Å². The molecule has 1 N–H and O–H groups in total. The molecule has 0 saturated heterocycles. The topological polar surface area (TPSA) is 29.5 Å². The van der Waals surface area contributed by atoms with E-state index in [1.165, 1.54) is 0 Å². The van der Waals surface area contributed by atoms with Gasteiger partial charge in [-0.2, -0.15) is 0 Å². The Bertz CT molecular complexity index is 182. The lowest BCUT2D eigenvalue weighted by Gasteiger charge is -2.19. The van der Waals surface area contributed by atoms with Crippen molar-refractivity contribution in [2.45, 2.75) is 20.0 Å². The monoisotopic (exact) mass is 153 g/mol. The summed E-state index contributed by atoms with van der Waals surface area (Å²) in [4.78, 5) is 0.